The molecule has 0 saturated carbocycles. The first-order valence-corrected chi connectivity index (χ1v) is 11.3. The van der Waals surface area contributed by atoms with Crippen LogP contribution in [0, 0.1) is 0 Å². The Kier molecular flexibility index (Phi) is 8.62. The van der Waals surface area contributed by atoms with E-state index >= 15 is 0 Å². The molecular weight excluding hydrogens is 346 g/mol. The molecular formula is C23H39N5. The standard InChI is InChI=1S/C23H39N5/c1-3-24-23(25-13-17-27-14-8-5-9-15-27)26-22-12-16-28(20(2)18-22)19-21-10-6-4-7-11-21/h4,6-7,10-11,20,22H,3,5,8-9,12-19H2,1-2H3,(H2,24,25,26). The summed E-state index contributed by atoms with van der Waals surface area (Å²) in [7, 11) is 0. The van der Waals surface area contributed by atoms with E-state index < -0.39 is 0 Å². The van der Waals surface area contributed by atoms with Gasteiger partial charge in [0, 0.05) is 38.3 Å². The van der Waals surface area contributed by atoms with Crippen LogP contribution in [-0.2, 0) is 6.54 Å². The molecule has 2 heterocycles. The normalized spacial score (nSPS) is 24.9. The van der Waals surface area contributed by atoms with Gasteiger partial charge >= 0.3 is 0 Å². The number of guanidine groups is 1. The van der Waals surface area contributed by atoms with E-state index in [-0.39, 0.29) is 0 Å². The lowest BCUT2D eigenvalue weighted by Gasteiger charge is -2.38. The first-order valence-electron chi connectivity index (χ1n) is 11.3. The maximum atomic E-state index is 4.85. The van der Waals surface area contributed by atoms with Gasteiger partial charge in [0.05, 0.1) is 6.54 Å². The molecule has 2 unspecified atom stereocenters. The fourth-order valence-electron chi connectivity index (χ4n) is 4.40. The van der Waals surface area contributed by atoms with Gasteiger partial charge in [-0.25, -0.2) is 0 Å². The average Bonchev–Trinajstić information content (AvgIpc) is 2.72. The van der Waals surface area contributed by atoms with Gasteiger partial charge in [0.25, 0.3) is 0 Å². The Bertz CT molecular complexity index is 582. The van der Waals surface area contributed by atoms with Crippen LogP contribution in [0.15, 0.2) is 35.3 Å². The number of aliphatic imine (C=N–C) groups is 1. The van der Waals surface area contributed by atoms with Gasteiger partial charge in [0.15, 0.2) is 5.96 Å². The molecule has 2 aliphatic heterocycles. The highest BCUT2D eigenvalue weighted by molar-refractivity contribution is 5.80. The fraction of sp³-hybridized carbons (Fsp3) is 0.696. The number of hydrogen-bond donors (Lipinski definition) is 2. The predicted molar refractivity (Wildman–Crippen MR) is 119 cm³/mol. The van der Waals surface area contributed by atoms with E-state index in [4.69, 9.17) is 4.99 Å². The number of benzene rings is 1. The number of piperidine rings is 2. The summed E-state index contributed by atoms with van der Waals surface area (Å²) in [6.07, 6.45) is 6.44. The van der Waals surface area contributed by atoms with Gasteiger partial charge < -0.3 is 15.5 Å². The van der Waals surface area contributed by atoms with Crippen molar-refractivity contribution in [3.8, 4) is 0 Å². The van der Waals surface area contributed by atoms with Crippen molar-refractivity contribution in [3.63, 3.8) is 0 Å². The monoisotopic (exact) mass is 385 g/mol. The van der Waals surface area contributed by atoms with Crippen LogP contribution in [0.2, 0.25) is 0 Å². The first-order chi connectivity index (χ1) is 13.7. The fourth-order valence-corrected chi connectivity index (χ4v) is 4.40. The molecule has 0 aliphatic carbocycles. The van der Waals surface area contributed by atoms with Crippen LogP contribution in [-0.4, -0.2) is 67.1 Å². The number of nitrogens with zero attached hydrogens (tertiary/aromatic N) is 3. The Morgan fingerprint density at radius 3 is 2.61 bits per heavy atom. The molecule has 28 heavy (non-hydrogen) atoms. The van der Waals surface area contributed by atoms with Crippen LogP contribution in [0.5, 0.6) is 0 Å². The molecule has 1 aromatic rings. The molecule has 0 radical (unpaired) electrons. The molecule has 0 bridgehead atoms. The van der Waals surface area contributed by atoms with Gasteiger partial charge in [0.2, 0.25) is 0 Å². The highest BCUT2D eigenvalue weighted by atomic mass is 15.2. The zero-order valence-corrected chi connectivity index (χ0v) is 17.9. The summed E-state index contributed by atoms with van der Waals surface area (Å²) in [5, 5.41) is 7.14. The lowest BCUT2D eigenvalue weighted by molar-refractivity contribution is 0.134. The van der Waals surface area contributed by atoms with Gasteiger partial charge in [-0.3, -0.25) is 9.89 Å². The minimum absolute atomic E-state index is 0.509. The van der Waals surface area contributed by atoms with Gasteiger partial charge in [-0.2, -0.15) is 0 Å². The van der Waals surface area contributed by atoms with Gasteiger partial charge in [0.1, 0.15) is 0 Å². The van der Waals surface area contributed by atoms with Crippen LogP contribution in [0.25, 0.3) is 0 Å². The van der Waals surface area contributed by atoms with Gasteiger partial charge in [-0.1, -0.05) is 36.8 Å². The zero-order valence-electron chi connectivity index (χ0n) is 17.9. The molecule has 1 aromatic carbocycles. The van der Waals surface area contributed by atoms with E-state index in [0.717, 1.165) is 38.7 Å². The van der Waals surface area contributed by atoms with Crippen molar-refractivity contribution < 1.29 is 0 Å². The van der Waals surface area contributed by atoms with Crippen LogP contribution >= 0.6 is 0 Å². The Labute approximate surface area is 171 Å². The number of hydrogen-bond acceptors (Lipinski definition) is 3. The Balaban J connectivity index is 1.45. The van der Waals surface area contributed by atoms with Crippen molar-refractivity contribution in [2.45, 2.75) is 64.6 Å². The topological polar surface area (TPSA) is 42.9 Å². The largest absolute Gasteiger partial charge is 0.357 e. The molecule has 2 N–H and O–H groups in total. The molecule has 3 rings (SSSR count). The first kappa shape index (κ1) is 21.1. The summed E-state index contributed by atoms with van der Waals surface area (Å²) < 4.78 is 0. The predicted octanol–water partition coefficient (Wildman–Crippen LogP) is 3.08. The second kappa shape index (κ2) is 11.4. The third-order valence-corrected chi connectivity index (χ3v) is 6.06. The summed E-state index contributed by atoms with van der Waals surface area (Å²) in [5.41, 5.74) is 1.41. The van der Waals surface area contributed by atoms with Crippen molar-refractivity contribution in [1.29, 1.82) is 0 Å². The molecule has 0 amide bonds. The smallest absolute Gasteiger partial charge is 0.191 e. The Morgan fingerprint density at radius 1 is 1.11 bits per heavy atom. The molecule has 5 nitrogen and oxygen atoms in total. The molecule has 0 spiro atoms. The average molecular weight is 386 g/mol. The zero-order chi connectivity index (χ0) is 19.6. The second-order valence-electron chi connectivity index (χ2n) is 8.33. The van der Waals surface area contributed by atoms with E-state index in [2.05, 4.69) is 64.6 Å². The number of rotatable bonds is 7. The van der Waals surface area contributed by atoms with Crippen molar-refractivity contribution >= 4 is 5.96 Å². The summed E-state index contributed by atoms with van der Waals surface area (Å²) >= 11 is 0. The van der Waals surface area contributed by atoms with E-state index in [0.29, 0.717) is 12.1 Å². The molecule has 2 saturated heterocycles. The van der Waals surface area contributed by atoms with Crippen LogP contribution in [0.3, 0.4) is 0 Å². The third-order valence-electron chi connectivity index (χ3n) is 6.06. The quantitative estimate of drug-likeness (QED) is 0.559. The third kappa shape index (κ3) is 6.78. The maximum absolute atomic E-state index is 4.85. The Hall–Kier alpha value is -1.59. The van der Waals surface area contributed by atoms with Gasteiger partial charge in [-0.15, -0.1) is 0 Å². The maximum Gasteiger partial charge on any atom is 0.191 e. The lowest BCUT2D eigenvalue weighted by atomic mass is 9.97. The molecule has 0 aromatic heterocycles. The molecule has 5 heteroatoms. The lowest BCUT2D eigenvalue weighted by Crippen LogP contribution is -2.51. The van der Waals surface area contributed by atoms with E-state index in [9.17, 15) is 0 Å². The van der Waals surface area contributed by atoms with Crippen molar-refractivity contribution in [2.75, 3.05) is 39.3 Å². The van der Waals surface area contributed by atoms with E-state index in [1.165, 1.54) is 50.8 Å². The number of nitrogens with one attached hydrogen (secondary N) is 2. The minimum Gasteiger partial charge on any atom is -0.357 e. The van der Waals surface area contributed by atoms with Crippen LogP contribution < -0.4 is 10.6 Å². The number of likely N-dealkylation sites (tertiary alicyclic amines) is 2. The van der Waals surface area contributed by atoms with Crippen molar-refractivity contribution in [1.82, 2.24) is 20.4 Å². The Morgan fingerprint density at radius 2 is 1.89 bits per heavy atom. The van der Waals surface area contributed by atoms with E-state index in [1.54, 1.807) is 0 Å². The second-order valence-corrected chi connectivity index (χ2v) is 8.33. The SMILES string of the molecule is CCNC(=NCCN1CCCCC1)NC1CCN(Cc2ccccc2)C(C)C1. The summed E-state index contributed by atoms with van der Waals surface area (Å²) in [6.45, 7) is 12.1. The molecule has 2 fully saturated rings. The summed E-state index contributed by atoms with van der Waals surface area (Å²) in [6, 6.07) is 11.9. The molecule has 2 aliphatic rings. The molecule has 156 valence electrons. The van der Waals surface area contributed by atoms with E-state index in [1.807, 2.05) is 0 Å². The highest BCUT2D eigenvalue weighted by Crippen LogP contribution is 2.20. The van der Waals surface area contributed by atoms with Gasteiger partial charge in [-0.05, 0) is 58.2 Å². The van der Waals surface area contributed by atoms with Crippen molar-refractivity contribution in [2.24, 2.45) is 4.99 Å². The van der Waals surface area contributed by atoms with Crippen LogP contribution in [0.4, 0.5) is 0 Å². The minimum atomic E-state index is 0.509. The molecule has 2 atom stereocenters. The highest BCUT2D eigenvalue weighted by Gasteiger charge is 2.26. The van der Waals surface area contributed by atoms with Crippen molar-refractivity contribution in [3.05, 3.63) is 35.9 Å². The van der Waals surface area contributed by atoms with Crippen LogP contribution in [0.1, 0.15) is 51.5 Å². The summed E-state index contributed by atoms with van der Waals surface area (Å²) in [5.74, 6) is 0.994. The summed E-state index contributed by atoms with van der Waals surface area (Å²) in [4.78, 5) is 10.0.